The molecular weight excluding hydrogens is 343 g/mol. The van der Waals surface area contributed by atoms with Gasteiger partial charge in [0.15, 0.2) is 0 Å². The molecule has 0 radical (unpaired) electrons. The van der Waals surface area contributed by atoms with Crippen LogP contribution in [0.4, 0.5) is 18.0 Å². The molecule has 142 valence electrons. The van der Waals surface area contributed by atoms with Gasteiger partial charge in [-0.1, -0.05) is 24.3 Å². The summed E-state index contributed by atoms with van der Waals surface area (Å²) in [4.78, 5) is 13.7. The van der Waals surface area contributed by atoms with Crippen LogP contribution in [-0.4, -0.2) is 29.7 Å². The molecule has 1 amide bonds. The van der Waals surface area contributed by atoms with Crippen molar-refractivity contribution >= 4 is 12.2 Å². The van der Waals surface area contributed by atoms with Crippen molar-refractivity contribution in [1.29, 1.82) is 0 Å². The minimum Gasteiger partial charge on any atom is -0.444 e. The van der Waals surface area contributed by atoms with Gasteiger partial charge in [0, 0.05) is 18.5 Å². The van der Waals surface area contributed by atoms with Gasteiger partial charge in [0.1, 0.15) is 5.60 Å². The lowest BCUT2D eigenvalue weighted by Crippen LogP contribution is -2.64. The van der Waals surface area contributed by atoms with Crippen molar-refractivity contribution in [3.05, 3.63) is 41.5 Å². The monoisotopic (exact) mass is 367 g/mol. The quantitative estimate of drug-likeness (QED) is 0.704. The highest BCUT2D eigenvalue weighted by molar-refractivity contribution is 5.69. The zero-order chi connectivity index (χ0) is 19.2. The van der Waals surface area contributed by atoms with E-state index in [1.165, 1.54) is 12.1 Å². The summed E-state index contributed by atoms with van der Waals surface area (Å²) in [6.07, 6.45) is 1.39. The predicted octanol–water partition coefficient (Wildman–Crippen LogP) is 5.37. The van der Waals surface area contributed by atoms with E-state index in [4.69, 9.17) is 4.74 Å². The van der Waals surface area contributed by atoms with Crippen molar-refractivity contribution in [3.8, 4) is 0 Å². The van der Waals surface area contributed by atoms with Gasteiger partial charge in [0.2, 0.25) is 0 Å². The molecule has 1 aliphatic carbocycles. The topological polar surface area (TPSA) is 29.5 Å². The summed E-state index contributed by atoms with van der Waals surface area (Å²) >= 11 is 0. The van der Waals surface area contributed by atoms with Crippen LogP contribution in [0.5, 0.6) is 0 Å². The highest BCUT2D eigenvalue weighted by Gasteiger charge is 2.53. The van der Waals surface area contributed by atoms with Crippen LogP contribution in [0.1, 0.15) is 44.7 Å². The molecule has 1 saturated carbocycles. The van der Waals surface area contributed by atoms with Crippen LogP contribution >= 0.6 is 0 Å². The Balaban J connectivity index is 1.45. The number of hydrogen-bond donors (Lipinski definition) is 0. The lowest BCUT2D eigenvalue weighted by Gasteiger charge is -2.58. The Bertz CT molecular complexity index is 687. The average Bonchev–Trinajstić information content (AvgIpc) is 2.41. The highest BCUT2D eigenvalue weighted by Crippen LogP contribution is 2.52. The summed E-state index contributed by atoms with van der Waals surface area (Å²) < 4.78 is 43.0. The average molecular weight is 367 g/mol. The summed E-state index contributed by atoms with van der Waals surface area (Å²) in [6.45, 7) is 7.02. The molecule has 0 aromatic heterocycles. The molecule has 0 bridgehead atoms. The lowest BCUT2D eigenvalue weighted by atomic mass is 9.58. The van der Waals surface area contributed by atoms with E-state index in [0.29, 0.717) is 5.92 Å². The Morgan fingerprint density at radius 3 is 2.23 bits per heavy atom. The van der Waals surface area contributed by atoms with Gasteiger partial charge in [0.05, 0.1) is 5.56 Å². The number of nitrogens with zero attached hydrogens (tertiary/aromatic N) is 1. The van der Waals surface area contributed by atoms with Crippen LogP contribution in [-0.2, 0) is 10.9 Å². The van der Waals surface area contributed by atoms with E-state index in [-0.39, 0.29) is 11.5 Å². The molecule has 0 atom stereocenters. The smallest absolute Gasteiger partial charge is 0.416 e. The minimum absolute atomic E-state index is 0.200. The van der Waals surface area contributed by atoms with E-state index in [2.05, 4.69) is 6.08 Å². The van der Waals surface area contributed by atoms with Crippen LogP contribution in [0.15, 0.2) is 30.3 Å². The van der Waals surface area contributed by atoms with Crippen molar-refractivity contribution < 1.29 is 22.7 Å². The van der Waals surface area contributed by atoms with E-state index in [1.54, 1.807) is 4.90 Å². The molecular formula is C20H24F3NO2. The van der Waals surface area contributed by atoms with Gasteiger partial charge >= 0.3 is 12.3 Å². The third kappa shape index (κ3) is 4.22. The molecule has 6 heteroatoms. The van der Waals surface area contributed by atoms with E-state index >= 15 is 0 Å². The largest absolute Gasteiger partial charge is 0.444 e. The number of carbonyl (C=O) groups is 1. The van der Waals surface area contributed by atoms with Crippen molar-refractivity contribution in [2.75, 3.05) is 13.1 Å². The van der Waals surface area contributed by atoms with E-state index in [1.807, 2.05) is 26.8 Å². The summed E-state index contributed by atoms with van der Waals surface area (Å²) in [5.74, 6) is 0.415. The Kier molecular flexibility index (Phi) is 4.57. The minimum atomic E-state index is -4.30. The number of rotatable bonds is 2. The molecule has 0 unspecified atom stereocenters. The van der Waals surface area contributed by atoms with Crippen molar-refractivity contribution in [2.24, 2.45) is 11.3 Å². The molecule has 2 fully saturated rings. The van der Waals surface area contributed by atoms with E-state index in [9.17, 15) is 18.0 Å². The molecule has 1 spiro atoms. The Labute approximate surface area is 151 Å². The summed E-state index contributed by atoms with van der Waals surface area (Å²) in [6, 6.07) is 5.18. The van der Waals surface area contributed by atoms with Gasteiger partial charge in [-0.15, -0.1) is 0 Å². The second-order valence-corrected chi connectivity index (χ2v) is 8.48. The predicted molar refractivity (Wildman–Crippen MR) is 93.4 cm³/mol. The number of likely N-dealkylation sites (tertiary alicyclic amines) is 1. The number of alkyl halides is 3. The first-order valence-corrected chi connectivity index (χ1v) is 8.79. The van der Waals surface area contributed by atoms with E-state index in [0.717, 1.165) is 43.6 Å². The SMILES string of the molecule is CC(C)(C)OC(=O)N1CC2(CC(/C=C/c3ccc(C(F)(F)F)cc3)C2)C1. The molecule has 1 aromatic carbocycles. The molecule has 3 nitrogen and oxygen atoms in total. The summed E-state index contributed by atoms with van der Waals surface area (Å²) in [5.41, 5.74) is -0.143. The first kappa shape index (κ1) is 18.8. The normalized spacial score (nSPS) is 20.2. The maximum Gasteiger partial charge on any atom is 0.416 e. The lowest BCUT2D eigenvalue weighted by molar-refractivity contribution is -0.137. The molecule has 1 aromatic rings. The van der Waals surface area contributed by atoms with Crippen LogP contribution < -0.4 is 0 Å². The van der Waals surface area contributed by atoms with Crippen LogP contribution in [0.3, 0.4) is 0 Å². The first-order chi connectivity index (χ1) is 12.0. The second kappa shape index (κ2) is 6.32. The number of allylic oxidation sites excluding steroid dienone is 1. The van der Waals surface area contributed by atoms with Gasteiger partial charge in [-0.2, -0.15) is 13.2 Å². The Morgan fingerprint density at radius 2 is 1.73 bits per heavy atom. The van der Waals surface area contributed by atoms with Crippen molar-refractivity contribution in [1.82, 2.24) is 4.90 Å². The van der Waals surface area contributed by atoms with Crippen LogP contribution in [0.2, 0.25) is 0 Å². The fourth-order valence-electron chi connectivity index (χ4n) is 3.70. The number of amides is 1. The third-order valence-corrected chi connectivity index (χ3v) is 4.89. The number of carbonyl (C=O) groups excluding carboxylic acids is 1. The molecule has 26 heavy (non-hydrogen) atoms. The molecule has 1 saturated heterocycles. The molecule has 0 N–H and O–H groups in total. The fourth-order valence-corrected chi connectivity index (χ4v) is 3.70. The molecule has 3 rings (SSSR count). The molecule has 2 aliphatic rings. The third-order valence-electron chi connectivity index (χ3n) is 4.89. The fraction of sp³-hybridized carbons (Fsp3) is 0.550. The van der Waals surface area contributed by atoms with Gasteiger partial charge in [-0.25, -0.2) is 4.79 Å². The maximum absolute atomic E-state index is 12.6. The number of hydrogen-bond acceptors (Lipinski definition) is 2. The highest BCUT2D eigenvalue weighted by atomic mass is 19.4. The van der Waals surface area contributed by atoms with Gasteiger partial charge < -0.3 is 9.64 Å². The molecule has 1 aliphatic heterocycles. The van der Waals surface area contributed by atoms with E-state index < -0.39 is 17.3 Å². The summed E-state index contributed by atoms with van der Waals surface area (Å²) in [7, 11) is 0. The summed E-state index contributed by atoms with van der Waals surface area (Å²) in [5, 5.41) is 0. The Morgan fingerprint density at radius 1 is 1.15 bits per heavy atom. The zero-order valence-electron chi connectivity index (χ0n) is 15.3. The van der Waals surface area contributed by atoms with Gasteiger partial charge in [-0.3, -0.25) is 0 Å². The molecule has 1 heterocycles. The Hall–Kier alpha value is -1.98. The van der Waals surface area contributed by atoms with Crippen LogP contribution in [0.25, 0.3) is 6.08 Å². The first-order valence-electron chi connectivity index (χ1n) is 8.79. The second-order valence-electron chi connectivity index (χ2n) is 8.48. The van der Waals surface area contributed by atoms with Gasteiger partial charge in [0.25, 0.3) is 0 Å². The number of halogens is 3. The van der Waals surface area contributed by atoms with Crippen molar-refractivity contribution in [3.63, 3.8) is 0 Å². The van der Waals surface area contributed by atoms with Crippen LogP contribution in [0, 0.1) is 11.3 Å². The van der Waals surface area contributed by atoms with Gasteiger partial charge in [-0.05, 0) is 57.2 Å². The maximum atomic E-state index is 12.6. The van der Waals surface area contributed by atoms with Crippen molar-refractivity contribution in [2.45, 2.75) is 45.4 Å². The number of benzene rings is 1. The number of ether oxygens (including phenoxy) is 1. The standard InChI is InChI=1S/C20H24F3NO2/c1-18(2,3)26-17(25)24-12-19(13-24)10-15(11-19)5-4-14-6-8-16(9-7-14)20(21,22)23/h4-9,15H,10-13H2,1-3H3/b5-4+. The zero-order valence-corrected chi connectivity index (χ0v) is 15.3.